The normalized spacial score (nSPS) is 11.8. The molecule has 5 nitrogen and oxygen atoms in total. The van der Waals surface area contributed by atoms with Crippen LogP contribution in [0.1, 0.15) is 6.92 Å². The van der Waals surface area contributed by atoms with E-state index in [0.29, 0.717) is 0 Å². The van der Waals surface area contributed by atoms with Gasteiger partial charge in [-0.1, -0.05) is 29.3 Å². The molecule has 0 aromatic heterocycles. The first-order valence-electron chi connectivity index (χ1n) is 5.14. The third-order valence-corrected chi connectivity index (χ3v) is 2.66. The summed E-state index contributed by atoms with van der Waals surface area (Å²) in [7, 11) is 0. The molecule has 0 heterocycles. The number of halogens is 2. The second kappa shape index (κ2) is 6.58. The SMILES string of the molecule is CCOC(=O)C(N)C(=O)Nc1c(Cl)cccc1Cl. The Kier molecular flexibility index (Phi) is 5.40. The fourth-order valence-corrected chi connectivity index (χ4v) is 1.65. The number of anilines is 1. The van der Waals surface area contributed by atoms with Crippen LogP contribution in [-0.4, -0.2) is 24.5 Å². The van der Waals surface area contributed by atoms with E-state index in [-0.39, 0.29) is 22.3 Å². The van der Waals surface area contributed by atoms with Crippen LogP contribution in [0.5, 0.6) is 0 Å². The van der Waals surface area contributed by atoms with E-state index < -0.39 is 17.9 Å². The molecule has 0 aliphatic carbocycles. The van der Waals surface area contributed by atoms with Gasteiger partial charge in [0, 0.05) is 0 Å². The number of hydrogen-bond acceptors (Lipinski definition) is 4. The summed E-state index contributed by atoms with van der Waals surface area (Å²) in [5, 5.41) is 2.90. The molecule has 1 atom stereocenters. The summed E-state index contributed by atoms with van der Waals surface area (Å²) in [6.45, 7) is 1.76. The van der Waals surface area contributed by atoms with E-state index in [1.54, 1.807) is 25.1 Å². The highest BCUT2D eigenvalue weighted by atomic mass is 35.5. The van der Waals surface area contributed by atoms with Gasteiger partial charge in [0.2, 0.25) is 0 Å². The van der Waals surface area contributed by atoms with Gasteiger partial charge >= 0.3 is 5.97 Å². The van der Waals surface area contributed by atoms with Gasteiger partial charge in [-0.2, -0.15) is 0 Å². The molecule has 0 spiro atoms. The van der Waals surface area contributed by atoms with E-state index in [1.165, 1.54) is 0 Å². The third kappa shape index (κ3) is 3.60. The predicted molar refractivity (Wildman–Crippen MR) is 69.7 cm³/mol. The molecular weight excluding hydrogens is 279 g/mol. The zero-order chi connectivity index (χ0) is 13.7. The minimum Gasteiger partial charge on any atom is -0.464 e. The monoisotopic (exact) mass is 290 g/mol. The zero-order valence-electron chi connectivity index (χ0n) is 9.57. The molecule has 1 amide bonds. The highest BCUT2D eigenvalue weighted by Crippen LogP contribution is 2.29. The number of nitrogens with two attached hydrogens (primary N) is 1. The first kappa shape index (κ1) is 14.8. The number of benzene rings is 1. The van der Waals surface area contributed by atoms with Crippen LogP contribution in [0.15, 0.2) is 18.2 Å². The van der Waals surface area contributed by atoms with Gasteiger partial charge in [-0.3, -0.25) is 4.79 Å². The number of rotatable bonds is 4. The Morgan fingerprint density at radius 3 is 2.44 bits per heavy atom. The van der Waals surface area contributed by atoms with Crippen molar-refractivity contribution in [1.82, 2.24) is 0 Å². The van der Waals surface area contributed by atoms with Gasteiger partial charge in [0.1, 0.15) is 0 Å². The second-order valence-electron chi connectivity index (χ2n) is 3.32. The summed E-state index contributed by atoms with van der Waals surface area (Å²) in [5.41, 5.74) is 5.64. The van der Waals surface area contributed by atoms with E-state index >= 15 is 0 Å². The van der Waals surface area contributed by atoms with Crippen LogP contribution in [0.25, 0.3) is 0 Å². The number of nitrogens with one attached hydrogen (secondary N) is 1. The van der Waals surface area contributed by atoms with Gasteiger partial charge in [-0.05, 0) is 19.1 Å². The van der Waals surface area contributed by atoms with Crippen molar-refractivity contribution in [3.05, 3.63) is 28.2 Å². The van der Waals surface area contributed by atoms with Gasteiger partial charge in [0.15, 0.2) is 6.04 Å². The van der Waals surface area contributed by atoms with E-state index in [0.717, 1.165) is 0 Å². The van der Waals surface area contributed by atoms with Crippen LogP contribution in [0.2, 0.25) is 10.0 Å². The molecule has 1 unspecified atom stereocenters. The van der Waals surface area contributed by atoms with E-state index in [9.17, 15) is 9.59 Å². The van der Waals surface area contributed by atoms with Crippen molar-refractivity contribution in [3.8, 4) is 0 Å². The molecule has 1 aromatic carbocycles. The molecule has 0 aliphatic rings. The Balaban J connectivity index is 2.79. The molecule has 98 valence electrons. The van der Waals surface area contributed by atoms with Crippen molar-refractivity contribution in [2.75, 3.05) is 11.9 Å². The van der Waals surface area contributed by atoms with Crippen LogP contribution >= 0.6 is 23.2 Å². The molecule has 0 radical (unpaired) electrons. The molecule has 18 heavy (non-hydrogen) atoms. The van der Waals surface area contributed by atoms with Crippen molar-refractivity contribution < 1.29 is 14.3 Å². The molecule has 1 rings (SSSR count). The summed E-state index contributed by atoms with van der Waals surface area (Å²) < 4.78 is 4.63. The summed E-state index contributed by atoms with van der Waals surface area (Å²) in [6, 6.07) is 3.32. The molecule has 0 saturated carbocycles. The Hall–Kier alpha value is -1.30. The van der Waals surface area contributed by atoms with Crippen molar-refractivity contribution in [1.29, 1.82) is 0 Å². The Morgan fingerprint density at radius 2 is 1.94 bits per heavy atom. The Morgan fingerprint density at radius 1 is 1.39 bits per heavy atom. The topological polar surface area (TPSA) is 81.4 Å². The van der Waals surface area contributed by atoms with E-state index in [1.807, 2.05) is 0 Å². The maximum absolute atomic E-state index is 11.7. The summed E-state index contributed by atoms with van der Waals surface area (Å²) in [5.74, 6) is -1.54. The molecule has 3 N–H and O–H groups in total. The van der Waals surface area contributed by atoms with Crippen LogP contribution in [0.4, 0.5) is 5.69 Å². The fraction of sp³-hybridized carbons (Fsp3) is 0.273. The first-order chi connectivity index (χ1) is 8.47. The van der Waals surface area contributed by atoms with Crippen LogP contribution in [-0.2, 0) is 14.3 Å². The average molecular weight is 291 g/mol. The molecule has 0 saturated heterocycles. The largest absolute Gasteiger partial charge is 0.464 e. The highest BCUT2D eigenvalue weighted by Gasteiger charge is 2.24. The summed E-state index contributed by atoms with van der Waals surface area (Å²) >= 11 is 11.7. The van der Waals surface area contributed by atoms with Crippen LogP contribution in [0, 0.1) is 0 Å². The predicted octanol–water partition coefficient (Wildman–Crippen LogP) is 1.82. The minimum absolute atomic E-state index is 0.145. The van der Waals surface area contributed by atoms with E-state index in [2.05, 4.69) is 10.1 Å². The maximum Gasteiger partial charge on any atom is 0.332 e. The number of carbonyl (C=O) groups excluding carboxylic acids is 2. The number of esters is 1. The molecule has 1 aromatic rings. The maximum atomic E-state index is 11.7. The van der Waals surface area contributed by atoms with Gasteiger partial charge < -0.3 is 15.8 Å². The minimum atomic E-state index is -1.42. The third-order valence-electron chi connectivity index (χ3n) is 2.03. The van der Waals surface area contributed by atoms with Crippen molar-refractivity contribution in [3.63, 3.8) is 0 Å². The van der Waals surface area contributed by atoms with Gasteiger partial charge in [-0.15, -0.1) is 0 Å². The Bertz CT molecular complexity index is 445. The first-order valence-corrected chi connectivity index (χ1v) is 5.90. The molecular formula is C11H12Cl2N2O3. The number of para-hydroxylation sites is 1. The van der Waals surface area contributed by atoms with Gasteiger partial charge in [0.25, 0.3) is 5.91 Å². The van der Waals surface area contributed by atoms with Gasteiger partial charge in [-0.25, -0.2) is 4.79 Å². The smallest absolute Gasteiger partial charge is 0.332 e. The molecule has 0 bridgehead atoms. The fourth-order valence-electron chi connectivity index (χ4n) is 1.16. The number of amides is 1. The van der Waals surface area contributed by atoms with Crippen LogP contribution in [0.3, 0.4) is 0 Å². The Labute approximate surface area is 114 Å². The highest BCUT2D eigenvalue weighted by molar-refractivity contribution is 6.39. The van der Waals surface area contributed by atoms with Crippen molar-refractivity contribution >= 4 is 40.8 Å². The number of ether oxygens (including phenoxy) is 1. The molecule has 0 fully saturated rings. The lowest BCUT2D eigenvalue weighted by Crippen LogP contribution is -2.43. The molecule has 7 heteroatoms. The quantitative estimate of drug-likeness (QED) is 0.655. The second-order valence-corrected chi connectivity index (χ2v) is 4.13. The summed E-state index contributed by atoms with van der Waals surface area (Å²) in [4.78, 5) is 22.9. The lowest BCUT2D eigenvalue weighted by Gasteiger charge is -2.13. The zero-order valence-corrected chi connectivity index (χ0v) is 11.1. The van der Waals surface area contributed by atoms with Crippen molar-refractivity contribution in [2.45, 2.75) is 13.0 Å². The number of carbonyl (C=O) groups is 2. The average Bonchev–Trinajstić information content (AvgIpc) is 2.33. The standard InChI is InChI=1S/C11H12Cl2N2O3/c1-2-18-11(17)8(14)10(16)15-9-6(12)4-3-5-7(9)13/h3-5,8H,2,14H2,1H3,(H,15,16). The summed E-state index contributed by atoms with van der Waals surface area (Å²) in [6.07, 6.45) is 0. The van der Waals surface area contributed by atoms with Gasteiger partial charge in [0.05, 0.1) is 22.3 Å². The van der Waals surface area contributed by atoms with E-state index in [4.69, 9.17) is 28.9 Å². The van der Waals surface area contributed by atoms with Crippen LogP contribution < -0.4 is 11.1 Å². The lowest BCUT2D eigenvalue weighted by atomic mass is 10.2. The molecule has 0 aliphatic heterocycles. The van der Waals surface area contributed by atoms with Crippen molar-refractivity contribution in [2.24, 2.45) is 5.73 Å². The lowest BCUT2D eigenvalue weighted by molar-refractivity contribution is -0.146. The number of hydrogen-bond donors (Lipinski definition) is 2.